The second kappa shape index (κ2) is 1.88. The van der Waals surface area contributed by atoms with Crippen LogP contribution in [0.4, 0.5) is 0 Å². The lowest BCUT2D eigenvalue weighted by Crippen LogP contribution is -2.38. The lowest BCUT2D eigenvalue weighted by atomic mass is 10.8. The van der Waals surface area contributed by atoms with Gasteiger partial charge in [0.2, 0.25) is 0 Å². The molecule has 1 aliphatic rings. The second-order valence-electron chi connectivity index (χ2n) is 1.12. The molecule has 1 heterocycles. The summed E-state index contributed by atoms with van der Waals surface area (Å²) in [6.07, 6.45) is 1.58. The fourth-order valence-corrected chi connectivity index (χ4v) is 0.436. The van der Waals surface area contributed by atoms with Crippen LogP contribution in [0, 0.1) is 0 Å². The number of hydrogen-bond acceptors (Lipinski definition) is 2. The maximum Gasteiger partial charge on any atom is 0.172 e. The van der Waals surface area contributed by atoms with Crippen LogP contribution in [0.15, 0.2) is 4.99 Å². The number of nitrogens with zero attached hydrogens (tertiary/aromatic N) is 1. The summed E-state index contributed by atoms with van der Waals surface area (Å²) < 4.78 is 0. The van der Waals surface area contributed by atoms with Crippen molar-refractivity contribution in [2.45, 2.75) is 0 Å². The average molecular weight is 115 g/mol. The Hall–Kier alpha value is -0.640. The zero-order valence-corrected chi connectivity index (χ0v) is 4.46. The molecule has 7 heavy (non-hydrogen) atoms. The van der Waals surface area contributed by atoms with Gasteiger partial charge in [0.15, 0.2) is 5.11 Å². The molecule has 3 nitrogen and oxygen atoms in total. The predicted molar refractivity (Wildman–Crippen MR) is 32.2 cm³/mol. The van der Waals surface area contributed by atoms with Crippen molar-refractivity contribution in [3.63, 3.8) is 0 Å². The topological polar surface area (TPSA) is 36.4 Å². The van der Waals surface area contributed by atoms with Crippen molar-refractivity contribution in [3.8, 4) is 0 Å². The van der Waals surface area contributed by atoms with E-state index >= 15 is 0 Å². The fraction of sp³-hybridized carbons (Fsp3) is 0.333. The molecule has 0 fully saturated rings. The van der Waals surface area contributed by atoms with E-state index in [4.69, 9.17) is 12.2 Å². The first-order valence-corrected chi connectivity index (χ1v) is 2.33. The molecule has 0 aromatic rings. The van der Waals surface area contributed by atoms with Crippen LogP contribution < -0.4 is 10.6 Å². The first kappa shape index (κ1) is 4.52. The second-order valence-corrected chi connectivity index (χ2v) is 1.53. The highest BCUT2D eigenvalue weighted by Gasteiger charge is 1.91. The molecule has 0 aromatic carbocycles. The molecule has 0 saturated carbocycles. The van der Waals surface area contributed by atoms with Crippen molar-refractivity contribution in [1.82, 2.24) is 10.6 Å². The van der Waals surface area contributed by atoms with E-state index in [2.05, 4.69) is 15.6 Å². The Labute approximate surface area is 46.8 Å². The molecule has 0 bridgehead atoms. The van der Waals surface area contributed by atoms with Gasteiger partial charge < -0.3 is 10.6 Å². The third-order valence-electron chi connectivity index (χ3n) is 0.618. The zero-order chi connectivity index (χ0) is 5.11. The Bertz CT molecular complexity index is 109. The molecule has 0 spiro atoms. The standard InChI is InChI=1S/C3H5N3S/c7-3-5-1-4-2-6-3/h1H,2H2,(H2,4,5,6,7). The first-order chi connectivity index (χ1) is 3.39. The van der Waals surface area contributed by atoms with Crippen LogP contribution in [0.3, 0.4) is 0 Å². The van der Waals surface area contributed by atoms with Gasteiger partial charge in [-0.2, -0.15) is 0 Å². The summed E-state index contributed by atoms with van der Waals surface area (Å²) in [6.45, 7) is 0.603. The van der Waals surface area contributed by atoms with Crippen LogP contribution in [0.25, 0.3) is 0 Å². The van der Waals surface area contributed by atoms with Crippen molar-refractivity contribution in [2.75, 3.05) is 6.67 Å². The van der Waals surface area contributed by atoms with E-state index in [0.717, 1.165) is 0 Å². The molecule has 0 aromatic heterocycles. The Morgan fingerprint density at radius 3 is 3.00 bits per heavy atom. The molecule has 0 aliphatic carbocycles. The Kier molecular flexibility index (Phi) is 1.21. The summed E-state index contributed by atoms with van der Waals surface area (Å²) >= 11 is 4.69. The van der Waals surface area contributed by atoms with Crippen molar-refractivity contribution in [3.05, 3.63) is 0 Å². The van der Waals surface area contributed by atoms with Crippen molar-refractivity contribution < 1.29 is 0 Å². The quantitative estimate of drug-likeness (QED) is 0.416. The zero-order valence-electron chi connectivity index (χ0n) is 3.64. The van der Waals surface area contributed by atoms with Gasteiger partial charge >= 0.3 is 0 Å². The van der Waals surface area contributed by atoms with Gasteiger partial charge in [-0.1, -0.05) is 0 Å². The van der Waals surface area contributed by atoms with E-state index in [9.17, 15) is 0 Å². The minimum Gasteiger partial charge on any atom is -0.343 e. The van der Waals surface area contributed by atoms with E-state index in [1.807, 2.05) is 0 Å². The molecule has 2 N–H and O–H groups in total. The Balaban J connectivity index is 2.47. The molecule has 0 saturated heterocycles. The van der Waals surface area contributed by atoms with Gasteiger partial charge in [-0.15, -0.1) is 0 Å². The van der Waals surface area contributed by atoms with Gasteiger partial charge in [-0.05, 0) is 12.2 Å². The molecule has 1 rings (SSSR count). The largest absolute Gasteiger partial charge is 0.343 e. The molecule has 38 valence electrons. The van der Waals surface area contributed by atoms with E-state index in [1.165, 1.54) is 0 Å². The lowest BCUT2D eigenvalue weighted by molar-refractivity contribution is 0.894. The number of rotatable bonds is 0. The highest BCUT2D eigenvalue weighted by molar-refractivity contribution is 7.80. The average Bonchev–Trinajstić information content (AvgIpc) is 1.69. The molecular formula is C3H5N3S. The van der Waals surface area contributed by atoms with E-state index < -0.39 is 0 Å². The monoisotopic (exact) mass is 115 g/mol. The fourth-order valence-electron chi connectivity index (χ4n) is 0.318. The van der Waals surface area contributed by atoms with Crippen LogP contribution in [-0.2, 0) is 0 Å². The predicted octanol–water partition coefficient (Wildman–Crippen LogP) is -0.550. The van der Waals surface area contributed by atoms with Gasteiger partial charge in [-0.25, -0.2) is 0 Å². The van der Waals surface area contributed by atoms with E-state index in [-0.39, 0.29) is 0 Å². The Morgan fingerprint density at radius 2 is 2.71 bits per heavy atom. The normalized spacial score (nSPS) is 18.0. The SMILES string of the molecule is S=C1NC=NCN1. The minimum atomic E-state index is 0.603. The van der Waals surface area contributed by atoms with Gasteiger partial charge in [0.1, 0.15) is 6.67 Å². The molecule has 4 heteroatoms. The Morgan fingerprint density at radius 1 is 1.86 bits per heavy atom. The van der Waals surface area contributed by atoms with Gasteiger partial charge in [0, 0.05) is 0 Å². The summed E-state index contributed by atoms with van der Waals surface area (Å²) in [7, 11) is 0. The summed E-state index contributed by atoms with van der Waals surface area (Å²) in [5, 5.41) is 6.16. The van der Waals surface area contributed by atoms with Crippen LogP contribution in [-0.4, -0.2) is 18.1 Å². The molecular weight excluding hydrogens is 110 g/mol. The number of aliphatic imine (C=N–C) groups is 1. The summed E-state index contributed by atoms with van der Waals surface area (Å²) in [4.78, 5) is 3.79. The first-order valence-electron chi connectivity index (χ1n) is 1.92. The third-order valence-corrected chi connectivity index (χ3v) is 0.880. The van der Waals surface area contributed by atoms with Crippen molar-refractivity contribution in [1.29, 1.82) is 0 Å². The molecule has 1 aliphatic heterocycles. The van der Waals surface area contributed by atoms with E-state index in [0.29, 0.717) is 11.8 Å². The van der Waals surface area contributed by atoms with Crippen LogP contribution >= 0.6 is 12.2 Å². The van der Waals surface area contributed by atoms with Crippen molar-refractivity contribution in [2.24, 2.45) is 4.99 Å². The number of nitrogens with one attached hydrogen (secondary N) is 2. The number of hydrogen-bond donors (Lipinski definition) is 2. The van der Waals surface area contributed by atoms with Gasteiger partial charge in [-0.3, -0.25) is 4.99 Å². The van der Waals surface area contributed by atoms with Crippen molar-refractivity contribution >= 4 is 23.7 Å². The van der Waals surface area contributed by atoms with Crippen LogP contribution in [0.1, 0.15) is 0 Å². The number of thiocarbonyl (C=S) groups is 1. The van der Waals surface area contributed by atoms with Crippen LogP contribution in [0.2, 0.25) is 0 Å². The summed E-state index contributed by atoms with van der Waals surface area (Å²) in [6, 6.07) is 0. The lowest BCUT2D eigenvalue weighted by Gasteiger charge is -2.07. The summed E-state index contributed by atoms with van der Waals surface area (Å²) in [5.74, 6) is 0. The maximum atomic E-state index is 4.69. The minimum absolute atomic E-state index is 0.603. The third kappa shape index (κ3) is 1.12. The molecule has 0 atom stereocenters. The smallest absolute Gasteiger partial charge is 0.172 e. The highest BCUT2D eigenvalue weighted by Crippen LogP contribution is 1.70. The maximum absolute atomic E-state index is 4.69. The highest BCUT2D eigenvalue weighted by atomic mass is 32.1. The van der Waals surface area contributed by atoms with E-state index in [1.54, 1.807) is 6.34 Å². The summed E-state index contributed by atoms with van der Waals surface area (Å²) in [5.41, 5.74) is 0. The van der Waals surface area contributed by atoms with Gasteiger partial charge in [0.05, 0.1) is 6.34 Å². The van der Waals surface area contributed by atoms with Gasteiger partial charge in [0.25, 0.3) is 0 Å². The van der Waals surface area contributed by atoms with Crippen LogP contribution in [0.5, 0.6) is 0 Å². The molecule has 0 radical (unpaired) electrons. The molecule has 0 amide bonds. The molecule has 0 unspecified atom stereocenters.